The third-order valence-corrected chi connectivity index (χ3v) is 6.59. The molecule has 3 atom stereocenters. The highest BCUT2D eigenvalue weighted by molar-refractivity contribution is 5.84. The predicted molar refractivity (Wildman–Crippen MR) is 115 cm³/mol. The highest BCUT2D eigenvalue weighted by atomic mass is 15.4. The zero-order chi connectivity index (χ0) is 19.4. The Hall–Kier alpha value is -2.88. The fraction of sp³-hybridized carbons (Fsp3) is 0.333. The van der Waals surface area contributed by atoms with Gasteiger partial charge >= 0.3 is 0 Å². The number of benzene rings is 2. The topological polar surface area (TPSA) is 32.3 Å². The SMILES string of the molecule is CCC1C(C)c2ccccc2N2c3nc(-c4ccccc4C)ncc3N(C)C12. The predicted octanol–water partition coefficient (Wildman–Crippen LogP) is 5.51. The van der Waals surface area contributed by atoms with Gasteiger partial charge in [-0.1, -0.05) is 56.3 Å². The maximum Gasteiger partial charge on any atom is 0.162 e. The molecule has 4 heteroatoms. The first-order valence-corrected chi connectivity index (χ1v) is 10.2. The van der Waals surface area contributed by atoms with Crippen molar-refractivity contribution in [1.82, 2.24) is 9.97 Å². The summed E-state index contributed by atoms with van der Waals surface area (Å²) in [5, 5.41) is 0. The Morgan fingerprint density at radius 3 is 2.54 bits per heavy atom. The van der Waals surface area contributed by atoms with Crippen LogP contribution in [-0.2, 0) is 0 Å². The van der Waals surface area contributed by atoms with E-state index in [1.54, 1.807) is 0 Å². The van der Waals surface area contributed by atoms with E-state index in [0.29, 0.717) is 11.8 Å². The second-order valence-corrected chi connectivity index (χ2v) is 8.03. The van der Waals surface area contributed by atoms with E-state index in [1.807, 2.05) is 6.20 Å². The molecule has 0 saturated heterocycles. The largest absolute Gasteiger partial charge is 0.349 e. The second kappa shape index (κ2) is 6.33. The Morgan fingerprint density at radius 1 is 1.00 bits per heavy atom. The summed E-state index contributed by atoms with van der Waals surface area (Å²) < 4.78 is 0. The zero-order valence-corrected chi connectivity index (χ0v) is 16.9. The molecule has 5 rings (SSSR count). The third-order valence-electron chi connectivity index (χ3n) is 6.59. The lowest BCUT2D eigenvalue weighted by molar-refractivity contribution is 0.339. The molecule has 3 heterocycles. The van der Waals surface area contributed by atoms with Crippen molar-refractivity contribution in [1.29, 1.82) is 0 Å². The van der Waals surface area contributed by atoms with E-state index in [9.17, 15) is 0 Å². The van der Waals surface area contributed by atoms with Crippen molar-refractivity contribution in [2.75, 3.05) is 16.8 Å². The molecule has 0 aliphatic carbocycles. The molecule has 0 bridgehead atoms. The van der Waals surface area contributed by atoms with Gasteiger partial charge in [-0.05, 0) is 36.5 Å². The van der Waals surface area contributed by atoms with Gasteiger partial charge in [0.25, 0.3) is 0 Å². The van der Waals surface area contributed by atoms with Gasteiger partial charge in [0.2, 0.25) is 0 Å². The molecule has 1 aromatic heterocycles. The number of hydrogen-bond donors (Lipinski definition) is 0. The Balaban J connectivity index is 1.71. The number of aryl methyl sites for hydroxylation is 1. The van der Waals surface area contributed by atoms with Gasteiger partial charge < -0.3 is 9.80 Å². The number of anilines is 3. The van der Waals surface area contributed by atoms with Crippen molar-refractivity contribution in [3.63, 3.8) is 0 Å². The molecule has 0 saturated carbocycles. The number of nitrogens with zero attached hydrogens (tertiary/aromatic N) is 4. The molecule has 2 aliphatic rings. The van der Waals surface area contributed by atoms with E-state index in [4.69, 9.17) is 9.97 Å². The van der Waals surface area contributed by atoms with Crippen molar-refractivity contribution in [3.8, 4) is 11.4 Å². The first-order chi connectivity index (χ1) is 13.6. The lowest BCUT2D eigenvalue weighted by Gasteiger charge is -2.44. The molecule has 142 valence electrons. The molecule has 3 aromatic rings. The second-order valence-electron chi connectivity index (χ2n) is 8.03. The van der Waals surface area contributed by atoms with E-state index < -0.39 is 0 Å². The van der Waals surface area contributed by atoms with E-state index in [2.05, 4.69) is 86.1 Å². The van der Waals surface area contributed by atoms with Gasteiger partial charge in [0.15, 0.2) is 11.6 Å². The molecule has 0 spiro atoms. The summed E-state index contributed by atoms with van der Waals surface area (Å²) >= 11 is 0. The van der Waals surface area contributed by atoms with Crippen molar-refractivity contribution in [2.24, 2.45) is 5.92 Å². The average molecular weight is 371 g/mol. The molecular weight excluding hydrogens is 344 g/mol. The minimum atomic E-state index is 0.284. The first kappa shape index (κ1) is 17.2. The lowest BCUT2D eigenvalue weighted by atomic mass is 9.79. The van der Waals surface area contributed by atoms with E-state index in [0.717, 1.165) is 29.3 Å². The molecule has 28 heavy (non-hydrogen) atoms. The van der Waals surface area contributed by atoms with Crippen LogP contribution in [0.5, 0.6) is 0 Å². The molecule has 0 fully saturated rings. The number of aromatic nitrogens is 2. The quantitative estimate of drug-likeness (QED) is 0.595. The van der Waals surface area contributed by atoms with E-state index >= 15 is 0 Å². The summed E-state index contributed by atoms with van der Waals surface area (Å²) in [6.07, 6.45) is 3.42. The van der Waals surface area contributed by atoms with Crippen molar-refractivity contribution < 1.29 is 0 Å². The van der Waals surface area contributed by atoms with Crippen LogP contribution < -0.4 is 9.80 Å². The Bertz CT molecular complexity index is 1040. The van der Waals surface area contributed by atoms with Gasteiger partial charge in [-0.15, -0.1) is 0 Å². The van der Waals surface area contributed by atoms with Gasteiger partial charge in [0.1, 0.15) is 11.9 Å². The van der Waals surface area contributed by atoms with Crippen LogP contribution in [-0.4, -0.2) is 23.2 Å². The summed E-state index contributed by atoms with van der Waals surface area (Å²) in [7, 11) is 2.18. The van der Waals surface area contributed by atoms with Crippen LogP contribution in [0.3, 0.4) is 0 Å². The van der Waals surface area contributed by atoms with Gasteiger partial charge in [-0.3, -0.25) is 0 Å². The van der Waals surface area contributed by atoms with Crippen LogP contribution in [0.25, 0.3) is 11.4 Å². The normalized spacial score (nSPS) is 22.6. The summed E-state index contributed by atoms with van der Waals surface area (Å²) in [4.78, 5) is 14.6. The van der Waals surface area contributed by atoms with Gasteiger partial charge in [-0.25, -0.2) is 9.97 Å². The van der Waals surface area contributed by atoms with E-state index in [-0.39, 0.29) is 6.17 Å². The molecule has 4 nitrogen and oxygen atoms in total. The van der Waals surface area contributed by atoms with Crippen LogP contribution in [0.4, 0.5) is 17.2 Å². The summed E-state index contributed by atoms with van der Waals surface area (Å²) in [6, 6.07) is 17.1. The number of hydrogen-bond acceptors (Lipinski definition) is 4. The smallest absolute Gasteiger partial charge is 0.162 e. The minimum Gasteiger partial charge on any atom is -0.349 e. The molecular formula is C24H26N4. The zero-order valence-electron chi connectivity index (χ0n) is 16.9. The van der Waals surface area contributed by atoms with Crippen LogP contribution in [0.1, 0.15) is 37.3 Å². The molecule has 0 N–H and O–H groups in total. The highest BCUT2D eigenvalue weighted by Gasteiger charge is 2.47. The van der Waals surface area contributed by atoms with Gasteiger partial charge in [-0.2, -0.15) is 0 Å². The van der Waals surface area contributed by atoms with Crippen molar-refractivity contribution >= 4 is 17.2 Å². The maximum atomic E-state index is 5.08. The molecule has 3 unspecified atom stereocenters. The standard InChI is InChI=1S/C24H26N4/c1-5-17-16(3)19-12-8-9-13-20(19)28-23-21(27(4)24(17)28)14-25-22(26-23)18-11-7-6-10-15(18)2/h6-14,16-17,24H,5H2,1-4H3. The molecule has 2 aromatic carbocycles. The number of rotatable bonds is 2. The summed E-state index contributed by atoms with van der Waals surface area (Å²) in [5.74, 6) is 2.88. The van der Waals surface area contributed by atoms with Crippen LogP contribution in [0.2, 0.25) is 0 Å². The fourth-order valence-electron chi connectivity index (χ4n) is 5.07. The molecule has 2 aliphatic heterocycles. The minimum absolute atomic E-state index is 0.284. The summed E-state index contributed by atoms with van der Waals surface area (Å²) in [6.45, 7) is 6.78. The Labute approximate surface area is 166 Å². The fourth-order valence-corrected chi connectivity index (χ4v) is 5.07. The van der Waals surface area contributed by atoms with Crippen LogP contribution in [0.15, 0.2) is 54.7 Å². The Morgan fingerprint density at radius 2 is 1.75 bits per heavy atom. The maximum absolute atomic E-state index is 5.08. The summed E-state index contributed by atoms with van der Waals surface area (Å²) in [5.41, 5.74) is 6.11. The molecule has 0 radical (unpaired) electrons. The number of fused-ring (bicyclic) bond motifs is 5. The van der Waals surface area contributed by atoms with Crippen molar-refractivity contribution in [2.45, 2.75) is 39.3 Å². The monoisotopic (exact) mass is 370 g/mol. The third kappa shape index (κ3) is 2.30. The lowest BCUT2D eigenvalue weighted by Crippen LogP contribution is -2.49. The first-order valence-electron chi connectivity index (χ1n) is 10.2. The van der Waals surface area contributed by atoms with Crippen LogP contribution >= 0.6 is 0 Å². The van der Waals surface area contributed by atoms with Gasteiger partial charge in [0.05, 0.1) is 6.20 Å². The molecule has 0 amide bonds. The highest BCUT2D eigenvalue weighted by Crippen LogP contribution is 2.53. The number of para-hydroxylation sites is 1. The van der Waals surface area contributed by atoms with Gasteiger partial charge in [0, 0.05) is 24.2 Å². The van der Waals surface area contributed by atoms with Crippen LogP contribution in [0, 0.1) is 12.8 Å². The Kier molecular flexibility index (Phi) is 3.90. The van der Waals surface area contributed by atoms with E-state index in [1.165, 1.54) is 16.8 Å². The average Bonchev–Trinajstić information content (AvgIpc) is 3.01. The van der Waals surface area contributed by atoms with Crippen molar-refractivity contribution in [3.05, 3.63) is 65.9 Å².